The minimum Gasteiger partial charge on any atom is -0.247 e. The van der Waals surface area contributed by atoms with Crippen LogP contribution in [0.1, 0.15) is 0 Å². The fourth-order valence-corrected chi connectivity index (χ4v) is 6.86. The number of nitrogens with zero attached hydrogens (tertiary/aromatic N) is 5. The minimum atomic E-state index is 0.698. The molecular formula is C41H25N5S. The van der Waals surface area contributed by atoms with Crippen molar-refractivity contribution >= 4 is 44.4 Å². The molecule has 3 aromatic heterocycles. The largest absolute Gasteiger partial charge is 0.247 e. The first-order valence-corrected chi connectivity index (χ1v) is 16.2. The van der Waals surface area contributed by atoms with E-state index in [1.807, 2.05) is 60.7 Å². The molecule has 0 atom stereocenters. The van der Waals surface area contributed by atoms with Crippen LogP contribution in [-0.2, 0) is 0 Å². The highest BCUT2D eigenvalue weighted by Gasteiger charge is 2.19. The number of fused-ring (bicyclic) bond motifs is 5. The van der Waals surface area contributed by atoms with Gasteiger partial charge in [-0.1, -0.05) is 133 Å². The molecule has 0 aliphatic rings. The molecule has 0 radical (unpaired) electrons. The van der Waals surface area contributed by atoms with Gasteiger partial charge in [0.05, 0.1) is 34.3 Å². The summed E-state index contributed by atoms with van der Waals surface area (Å²) >= 11 is 1.25. The van der Waals surface area contributed by atoms with Gasteiger partial charge in [0.15, 0.2) is 5.82 Å². The quantitative estimate of drug-likeness (QED) is 0.179. The second kappa shape index (κ2) is 11.4. The summed E-state index contributed by atoms with van der Waals surface area (Å²) in [6.07, 6.45) is 0. The van der Waals surface area contributed by atoms with Crippen LogP contribution in [0.15, 0.2) is 152 Å². The molecule has 5 nitrogen and oxygen atoms in total. The van der Waals surface area contributed by atoms with Gasteiger partial charge in [-0.25, -0.2) is 15.0 Å². The van der Waals surface area contributed by atoms with Gasteiger partial charge in [0.2, 0.25) is 0 Å². The molecule has 9 aromatic rings. The van der Waals surface area contributed by atoms with Gasteiger partial charge in [-0.3, -0.25) is 0 Å². The van der Waals surface area contributed by atoms with E-state index in [2.05, 4.69) is 91.0 Å². The Hall–Kier alpha value is -6.11. The van der Waals surface area contributed by atoms with Gasteiger partial charge in [0.25, 0.3) is 0 Å². The molecule has 0 N–H and O–H groups in total. The molecule has 47 heavy (non-hydrogen) atoms. The maximum atomic E-state index is 5.16. The van der Waals surface area contributed by atoms with Crippen molar-refractivity contribution in [2.75, 3.05) is 0 Å². The Balaban J connectivity index is 1.21. The molecule has 9 rings (SSSR count). The Morgan fingerprint density at radius 2 is 0.957 bits per heavy atom. The Kier molecular flexibility index (Phi) is 6.58. The standard InChI is InChI=1S/C41H25N5S/c1-4-12-27(13-5-1)35-25-36(44-41(43-35)30-16-8-3-9-17-30)28-22-20-26(21-23-28)32-24-33-37(40-39(32)45-47-46-40)31-18-10-11-19-34(31)42-38(33)29-14-6-2-7-15-29/h1-25H. The van der Waals surface area contributed by atoms with Crippen molar-refractivity contribution in [3.8, 4) is 56.3 Å². The smallest absolute Gasteiger partial charge is 0.160 e. The summed E-state index contributed by atoms with van der Waals surface area (Å²) in [6, 6.07) is 51.9. The number of benzene rings is 6. The van der Waals surface area contributed by atoms with Crippen LogP contribution in [-0.4, -0.2) is 23.7 Å². The summed E-state index contributed by atoms with van der Waals surface area (Å²) in [6.45, 7) is 0. The van der Waals surface area contributed by atoms with Crippen LogP contribution in [0.25, 0.3) is 89.0 Å². The second-order valence-corrected chi connectivity index (χ2v) is 12.0. The van der Waals surface area contributed by atoms with Crippen LogP contribution in [0.5, 0.6) is 0 Å². The highest BCUT2D eigenvalue weighted by atomic mass is 32.1. The lowest BCUT2D eigenvalue weighted by Gasteiger charge is -2.13. The van der Waals surface area contributed by atoms with Crippen LogP contribution in [0.3, 0.4) is 0 Å². The summed E-state index contributed by atoms with van der Waals surface area (Å²) in [5.74, 6) is 0.698. The third-order valence-electron chi connectivity index (χ3n) is 8.57. The maximum absolute atomic E-state index is 5.16. The predicted molar refractivity (Wildman–Crippen MR) is 193 cm³/mol. The van der Waals surface area contributed by atoms with Crippen molar-refractivity contribution in [2.24, 2.45) is 0 Å². The van der Waals surface area contributed by atoms with Crippen molar-refractivity contribution in [1.82, 2.24) is 23.7 Å². The van der Waals surface area contributed by atoms with Crippen molar-refractivity contribution in [2.45, 2.75) is 0 Å². The monoisotopic (exact) mass is 619 g/mol. The Morgan fingerprint density at radius 1 is 0.404 bits per heavy atom. The molecule has 6 aromatic carbocycles. The fraction of sp³-hybridized carbons (Fsp3) is 0. The van der Waals surface area contributed by atoms with E-state index < -0.39 is 0 Å². The van der Waals surface area contributed by atoms with E-state index in [0.717, 1.165) is 83.2 Å². The van der Waals surface area contributed by atoms with Gasteiger partial charge < -0.3 is 0 Å². The minimum absolute atomic E-state index is 0.698. The van der Waals surface area contributed by atoms with Gasteiger partial charge in [-0.15, -0.1) is 0 Å². The van der Waals surface area contributed by atoms with E-state index in [0.29, 0.717) is 5.82 Å². The first-order chi connectivity index (χ1) is 23.3. The zero-order chi connectivity index (χ0) is 31.2. The predicted octanol–water partition coefficient (Wildman–Crippen LogP) is 10.5. The topological polar surface area (TPSA) is 64.5 Å². The van der Waals surface area contributed by atoms with Crippen molar-refractivity contribution in [1.29, 1.82) is 0 Å². The summed E-state index contributed by atoms with van der Waals surface area (Å²) in [5.41, 5.74) is 11.6. The normalized spacial score (nSPS) is 11.4. The number of aromatic nitrogens is 5. The summed E-state index contributed by atoms with van der Waals surface area (Å²) < 4.78 is 9.66. The Morgan fingerprint density at radius 3 is 1.66 bits per heavy atom. The lowest BCUT2D eigenvalue weighted by molar-refractivity contribution is 1.18. The maximum Gasteiger partial charge on any atom is 0.160 e. The second-order valence-electron chi connectivity index (χ2n) is 11.4. The van der Waals surface area contributed by atoms with Crippen LogP contribution in [0, 0.1) is 0 Å². The molecule has 0 saturated heterocycles. The molecule has 0 spiro atoms. The van der Waals surface area contributed by atoms with Crippen molar-refractivity contribution in [3.63, 3.8) is 0 Å². The number of rotatable bonds is 5. The van der Waals surface area contributed by atoms with E-state index in [4.69, 9.17) is 23.7 Å². The first-order valence-electron chi connectivity index (χ1n) is 15.4. The molecule has 0 fully saturated rings. The molecule has 0 bridgehead atoms. The van der Waals surface area contributed by atoms with Gasteiger partial charge in [0.1, 0.15) is 11.0 Å². The molecular weight excluding hydrogens is 595 g/mol. The summed E-state index contributed by atoms with van der Waals surface area (Å²) in [7, 11) is 0. The van der Waals surface area contributed by atoms with Gasteiger partial charge in [0, 0.05) is 44.0 Å². The average Bonchev–Trinajstić information content (AvgIpc) is 3.65. The zero-order valence-electron chi connectivity index (χ0n) is 25.1. The van der Waals surface area contributed by atoms with E-state index in [-0.39, 0.29) is 0 Å². The molecule has 0 unspecified atom stereocenters. The number of hydrogen-bond acceptors (Lipinski definition) is 6. The molecule has 0 amide bonds. The Labute approximate surface area is 275 Å². The van der Waals surface area contributed by atoms with Crippen LogP contribution < -0.4 is 0 Å². The number of hydrogen-bond donors (Lipinski definition) is 0. The lowest BCUT2D eigenvalue weighted by Crippen LogP contribution is -1.96. The van der Waals surface area contributed by atoms with E-state index in [1.54, 1.807) is 0 Å². The summed E-state index contributed by atoms with van der Waals surface area (Å²) in [5, 5.41) is 3.22. The SMILES string of the molecule is c1ccc(-c2cc(-c3ccc(-c4cc5c(-c6ccccc6)nc6ccccc6c5c5nsnc45)cc3)nc(-c3ccccc3)n2)cc1. The molecule has 0 aliphatic heterocycles. The molecule has 0 aliphatic carbocycles. The van der Waals surface area contributed by atoms with Crippen LogP contribution >= 0.6 is 11.7 Å². The van der Waals surface area contributed by atoms with Gasteiger partial charge in [-0.2, -0.15) is 8.75 Å². The van der Waals surface area contributed by atoms with E-state index in [1.165, 1.54) is 11.7 Å². The third-order valence-corrected chi connectivity index (χ3v) is 9.09. The zero-order valence-corrected chi connectivity index (χ0v) is 25.9. The van der Waals surface area contributed by atoms with Crippen LogP contribution in [0.4, 0.5) is 0 Å². The fourth-order valence-electron chi connectivity index (χ4n) is 6.29. The highest BCUT2D eigenvalue weighted by molar-refractivity contribution is 7.00. The van der Waals surface area contributed by atoms with Gasteiger partial charge >= 0.3 is 0 Å². The molecule has 6 heteroatoms. The van der Waals surface area contributed by atoms with Crippen molar-refractivity contribution < 1.29 is 0 Å². The molecule has 3 heterocycles. The molecule has 220 valence electrons. The van der Waals surface area contributed by atoms with Crippen LogP contribution in [0.2, 0.25) is 0 Å². The van der Waals surface area contributed by atoms with E-state index >= 15 is 0 Å². The van der Waals surface area contributed by atoms with E-state index in [9.17, 15) is 0 Å². The average molecular weight is 620 g/mol. The summed E-state index contributed by atoms with van der Waals surface area (Å²) in [4.78, 5) is 15.1. The molecule has 0 saturated carbocycles. The number of para-hydroxylation sites is 1. The number of pyridine rings is 1. The van der Waals surface area contributed by atoms with Gasteiger partial charge in [-0.05, 0) is 23.8 Å². The van der Waals surface area contributed by atoms with Crippen molar-refractivity contribution in [3.05, 3.63) is 152 Å². The lowest BCUT2D eigenvalue weighted by atomic mass is 9.93. The Bertz CT molecular complexity index is 2490. The first kappa shape index (κ1) is 27.2. The highest BCUT2D eigenvalue weighted by Crippen LogP contribution is 2.41. The third kappa shape index (κ3) is 4.83.